The second kappa shape index (κ2) is 5.50. The first-order chi connectivity index (χ1) is 9.68. The Morgan fingerprint density at radius 1 is 1.25 bits per heavy atom. The Bertz CT molecular complexity index is 479. The number of carbonyl (C=O) groups is 1. The van der Waals surface area contributed by atoms with Crippen LogP contribution in [0.1, 0.15) is 18.4 Å². The summed E-state index contributed by atoms with van der Waals surface area (Å²) in [4.78, 5) is 14.2. The lowest BCUT2D eigenvalue weighted by Gasteiger charge is -2.27. The Morgan fingerprint density at radius 3 is 2.50 bits per heavy atom. The number of nitrogens with one attached hydrogen (secondary N) is 1. The van der Waals surface area contributed by atoms with Crippen LogP contribution in [0.4, 0.5) is 4.39 Å². The van der Waals surface area contributed by atoms with Crippen molar-refractivity contribution in [2.75, 3.05) is 32.8 Å². The first kappa shape index (κ1) is 13.5. The van der Waals surface area contributed by atoms with Gasteiger partial charge in [-0.05, 0) is 30.5 Å². The van der Waals surface area contributed by atoms with Crippen LogP contribution in [0.15, 0.2) is 24.3 Å². The normalized spacial score (nSPS) is 21.4. The van der Waals surface area contributed by atoms with Crippen LogP contribution in [-0.2, 0) is 15.1 Å². The third-order valence-electron chi connectivity index (χ3n) is 4.00. The second-order valence-corrected chi connectivity index (χ2v) is 5.53. The fourth-order valence-corrected chi connectivity index (χ4v) is 2.65. The van der Waals surface area contributed by atoms with Gasteiger partial charge in [0.2, 0.25) is 5.91 Å². The minimum atomic E-state index is -0.267. The van der Waals surface area contributed by atoms with E-state index in [2.05, 4.69) is 10.2 Å². The average Bonchev–Trinajstić information content (AvgIpc) is 3.21. The van der Waals surface area contributed by atoms with Crippen LogP contribution in [-0.4, -0.2) is 43.7 Å². The van der Waals surface area contributed by atoms with Gasteiger partial charge in [0.05, 0.1) is 25.3 Å². The van der Waals surface area contributed by atoms with E-state index in [0.29, 0.717) is 19.8 Å². The number of ether oxygens (including phenoxy) is 1. The fraction of sp³-hybridized carbons (Fsp3) is 0.533. The zero-order valence-corrected chi connectivity index (χ0v) is 11.4. The average molecular weight is 278 g/mol. The predicted molar refractivity (Wildman–Crippen MR) is 72.7 cm³/mol. The van der Waals surface area contributed by atoms with Crippen LogP contribution in [0.2, 0.25) is 0 Å². The number of hydrogen-bond acceptors (Lipinski definition) is 3. The zero-order valence-electron chi connectivity index (χ0n) is 11.4. The number of halogens is 1. The van der Waals surface area contributed by atoms with Crippen molar-refractivity contribution in [1.82, 2.24) is 10.2 Å². The molecule has 1 N–H and O–H groups in total. The van der Waals surface area contributed by atoms with Crippen LogP contribution in [0, 0.1) is 5.82 Å². The van der Waals surface area contributed by atoms with Gasteiger partial charge in [0, 0.05) is 13.1 Å². The summed E-state index contributed by atoms with van der Waals surface area (Å²) in [6, 6.07) is 6.42. The number of rotatable bonds is 4. The molecule has 4 nitrogen and oxygen atoms in total. The molecule has 0 atom stereocenters. The molecule has 1 aliphatic carbocycles. The summed E-state index contributed by atoms with van der Waals surface area (Å²) >= 11 is 0. The minimum absolute atomic E-state index is 0.0359. The molecule has 2 fully saturated rings. The van der Waals surface area contributed by atoms with E-state index < -0.39 is 0 Å². The Labute approximate surface area is 117 Å². The summed E-state index contributed by atoms with van der Waals surface area (Å²) in [6.45, 7) is 3.40. The standard InChI is InChI=1S/C15H19FN2O2/c16-13-3-1-12(2-4-13)15(5-6-15)17-14(19)11-18-7-9-20-10-8-18/h1-4H,5-11H2,(H,17,19). The molecule has 1 aromatic carbocycles. The molecule has 0 bridgehead atoms. The van der Waals surface area contributed by atoms with Gasteiger partial charge in [-0.15, -0.1) is 0 Å². The molecular formula is C15H19FN2O2. The molecule has 2 aliphatic rings. The molecule has 0 radical (unpaired) electrons. The molecule has 20 heavy (non-hydrogen) atoms. The monoisotopic (exact) mass is 278 g/mol. The summed E-state index contributed by atoms with van der Waals surface area (Å²) in [7, 11) is 0. The third kappa shape index (κ3) is 2.99. The van der Waals surface area contributed by atoms with Crippen molar-refractivity contribution in [3.8, 4) is 0 Å². The van der Waals surface area contributed by atoms with E-state index in [1.807, 2.05) is 0 Å². The fourth-order valence-electron chi connectivity index (χ4n) is 2.65. The third-order valence-corrected chi connectivity index (χ3v) is 4.00. The van der Waals surface area contributed by atoms with Gasteiger partial charge in [0.25, 0.3) is 0 Å². The molecule has 1 aliphatic heterocycles. The number of nitrogens with zero attached hydrogens (tertiary/aromatic N) is 1. The number of morpholine rings is 1. The molecule has 1 heterocycles. The number of carbonyl (C=O) groups excluding carboxylic acids is 1. The van der Waals surface area contributed by atoms with Gasteiger partial charge in [-0.3, -0.25) is 9.69 Å². The lowest BCUT2D eigenvalue weighted by Crippen LogP contribution is -2.45. The molecular weight excluding hydrogens is 259 g/mol. The summed E-state index contributed by atoms with van der Waals surface area (Å²) in [5.74, 6) is -0.210. The van der Waals surface area contributed by atoms with E-state index in [9.17, 15) is 9.18 Å². The maximum Gasteiger partial charge on any atom is 0.234 e. The Morgan fingerprint density at radius 2 is 1.90 bits per heavy atom. The van der Waals surface area contributed by atoms with Gasteiger partial charge in [0.15, 0.2) is 0 Å². The smallest absolute Gasteiger partial charge is 0.234 e. The number of hydrogen-bond donors (Lipinski definition) is 1. The lowest BCUT2D eigenvalue weighted by molar-refractivity contribution is -0.124. The molecule has 1 aromatic rings. The van der Waals surface area contributed by atoms with Crippen molar-refractivity contribution >= 4 is 5.91 Å². The minimum Gasteiger partial charge on any atom is -0.379 e. The molecule has 0 unspecified atom stereocenters. The number of benzene rings is 1. The van der Waals surface area contributed by atoms with Crippen molar-refractivity contribution < 1.29 is 13.9 Å². The molecule has 3 rings (SSSR count). The van der Waals surface area contributed by atoms with Gasteiger partial charge >= 0.3 is 0 Å². The highest BCUT2D eigenvalue weighted by Gasteiger charge is 2.45. The highest BCUT2D eigenvalue weighted by atomic mass is 19.1. The van der Waals surface area contributed by atoms with Crippen LogP contribution in [0.5, 0.6) is 0 Å². The first-order valence-electron chi connectivity index (χ1n) is 7.05. The molecule has 1 amide bonds. The van der Waals surface area contributed by atoms with Crippen LogP contribution in [0.25, 0.3) is 0 Å². The lowest BCUT2D eigenvalue weighted by atomic mass is 10.0. The van der Waals surface area contributed by atoms with Crippen molar-refractivity contribution in [2.45, 2.75) is 18.4 Å². The Hall–Kier alpha value is -1.46. The van der Waals surface area contributed by atoms with E-state index in [1.165, 1.54) is 12.1 Å². The van der Waals surface area contributed by atoms with Gasteiger partial charge in [-0.2, -0.15) is 0 Å². The Kier molecular flexibility index (Phi) is 3.72. The van der Waals surface area contributed by atoms with Crippen LogP contribution < -0.4 is 5.32 Å². The summed E-state index contributed by atoms with van der Waals surface area (Å²) in [5.41, 5.74) is 0.728. The quantitative estimate of drug-likeness (QED) is 0.901. The van der Waals surface area contributed by atoms with Gasteiger partial charge < -0.3 is 10.1 Å². The number of amides is 1. The molecule has 0 aromatic heterocycles. The molecule has 108 valence electrons. The largest absolute Gasteiger partial charge is 0.379 e. The van der Waals surface area contributed by atoms with E-state index in [1.54, 1.807) is 12.1 Å². The molecule has 1 saturated heterocycles. The van der Waals surface area contributed by atoms with Crippen molar-refractivity contribution in [1.29, 1.82) is 0 Å². The second-order valence-electron chi connectivity index (χ2n) is 5.53. The van der Waals surface area contributed by atoms with Crippen molar-refractivity contribution in [2.24, 2.45) is 0 Å². The summed E-state index contributed by atoms with van der Waals surface area (Å²) < 4.78 is 18.2. The maximum absolute atomic E-state index is 13.0. The van der Waals surface area contributed by atoms with E-state index >= 15 is 0 Å². The van der Waals surface area contributed by atoms with E-state index in [0.717, 1.165) is 31.5 Å². The Balaban J connectivity index is 1.59. The molecule has 1 saturated carbocycles. The highest BCUT2D eigenvalue weighted by molar-refractivity contribution is 5.79. The van der Waals surface area contributed by atoms with E-state index in [-0.39, 0.29) is 17.3 Å². The zero-order chi connectivity index (χ0) is 14.0. The first-order valence-corrected chi connectivity index (χ1v) is 7.05. The van der Waals surface area contributed by atoms with Gasteiger partial charge in [-0.1, -0.05) is 12.1 Å². The maximum atomic E-state index is 13.0. The molecule has 0 spiro atoms. The highest BCUT2D eigenvalue weighted by Crippen LogP contribution is 2.45. The SMILES string of the molecule is O=C(CN1CCOCC1)NC1(c2ccc(F)cc2)CC1. The van der Waals surface area contributed by atoms with Crippen molar-refractivity contribution in [3.05, 3.63) is 35.6 Å². The van der Waals surface area contributed by atoms with Gasteiger partial charge in [0.1, 0.15) is 5.82 Å². The summed E-state index contributed by atoms with van der Waals surface area (Å²) in [6.07, 6.45) is 1.85. The van der Waals surface area contributed by atoms with Crippen molar-refractivity contribution in [3.63, 3.8) is 0 Å². The van der Waals surface area contributed by atoms with Gasteiger partial charge in [-0.25, -0.2) is 4.39 Å². The molecule has 5 heteroatoms. The van der Waals surface area contributed by atoms with Crippen LogP contribution >= 0.6 is 0 Å². The predicted octanol–water partition coefficient (Wildman–Crippen LogP) is 1.26. The van der Waals surface area contributed by atoms with E-state index in [4.69, 9.17) is 4.74 Å². The topological polar surface area (TPSA) is 41.6 Å². The summed E-state index contributed by atoms with van der Waals surface area (Å²) in [5, 5.41) is 3.11. The van der Waals surface area contributed by atoms with Crippen LogP contribution in [0.3, 0.4) is 0 Å².